The van der Waals surface area contributed by atoms with Crippen molar-refractivity contribution in [2.75, 3.05) is 26.2 Å². The molecule has 1 atom stereocenters. The highest BCUT2D eigenvalue weighted by atomic mass is 35.5. The molecule has 118 valence electrons. The van der Waals surface area contributed by atoms with Gasteiger partial charge in [0.05, 0.1) is 0 Å². The molecule has 2 fully saturated rings. The van der Waals surface area contributed by atoms with Crippen LogP contribution < -0.4 is 0 Å². The first-order valence-electron chi connectivity index (χ1n) is 8.19. The number of halogens is 1. The van der Waals surface area contributed by atoms with E-state index in [-0.39, 0.29) is 5.91 Å². The van der Waals surface area contributed by atoms with Crippen molar-refractivity contribution >= 4 is 23.6 Å². The molecule has 0 aliphatic carbocycles. The van der Waals surface area contributed by atoms with E-state index in [1.54, 1.807) is 6.08 Å². The van der Waals surface area contributed by atoms with Crippen molar-refractivity contribution in [1.29, 1.82) is 0 Å². The second kappa shape index (κ2) is 7.30. The van der Waals surface area contributed by atoms with Gasteiger partial charge in [-0.05, 0) is 62.5 Å². The van der Waals surface area contributed by atoms with Crippen LogP contribution in [0.25, 0.3) is 6.08 Å². The maximum absolute atomic E-state index is 12.5. The Labute approximate surface area is 137 Å². The normalized spacial score (nSPS) is 22.8. The van der Waals surface area contributed by atoms with Crippen LogP contribution in [-0.4, -0.2) is 47.9 Å². The number of rotatable bonds is 4. The van der Waals surface area contributed by atoms with Gasteiger partial charge >= 0.3 is 0 Å². The van der Waals surface area contributed by atoms with E-state index in [1.807, 2.05) is 35.2 Å². The lowest BCUT2D eigenvalue weighted by molar-refractivity contribution is -0.127. The summed E-state index contributed by atoms with van der Waals surface area (Å²) >= 11 is 5.97. The fourth-order valence-corrected chi connectivity index (χ4v) is 3.65. The molecule has 1 aromatic carbocycles. The lowest BCUT2D eigenvalue weighted by atomic mass is 10.2. The average Bonchev–Trinajstić information content (AvgIpc) is 3.17. The summed E-state index contributed by atoms with van der Waals surface area (Å²) < 4.78 is 0. The van der Waals surface area contributed by atoms with Crippen LogP contribution >= 0.6 is 11.6 Å². The highest BCUT2D eigenvalue weighted by Gasteiger charge is 2.29. The quantitative estimate of drug-likeness (QED) is 0.794. The van der Waals surface area contributed by atoms with E-state index >= 15 is 0 Å². The third-order valence-corrected chi connectivity index (χ3v) is 4.83. The standard InChI is InChI=1S/C18H23ClN2O/c19-16-6-3-5-15(13-16)8-9-18(22)21-12-4-7-17(21)14-20-10-1-2-11-20/h3,5-6,8-9,13,17H,1-2,4,7,10-12,14H2/b9-8+. The first-order chi connectivity index (χ1) is 10.7. The molecule has 0 bridgehead atoms. The van der Waals surface area contributed by atoms with Crippen molar-refractivity contribution in [2.45, 2.75) is 31.7 Å². The predicted octanol–water partition coefficient (Wildman–Crippen LogP) is 3.44. The third kappa shape index (κ3) is 3.90. The van der Waals surface area contributed by atoms with Gasteiger partial charge in [-0.25, -0.2) is 0 Å². The molecule has 0 spiro atoms. The Morgan fingerprint density at radius 2 is 2.05 bits per heavy atom. The summed E-state index contributed by atoms with van der Waals surface area (Å²) in [7, 11) is 0. The molecule has 2 heterocycles. The molecule has 0 radical (unpaired) electrons. The van der Waals surface area contributed by atoms with Crippen LogP contribution in [0.3, 0.4) is 0 Å². The molecule has 1 unspecified atom stereocenters. The Morgan fingerprint density at radius 1 is 1.23 bits per heavy atom. The topological polar surface area (TPSA) is 23.6 Å². The van der Waals surface area contributed by atoms with Crippen molar-refractivity contribution in [3.05, 3.63) is 40.9 Å². The zero-order chi connectivity index (χ0) is 15.4. The number of hydrogen-bond acceptors (Lipinski definition) is 2. The van der Waals surface area contributed by atoms with Gasteiger partial charge < -0.3 is 9.80 Å². The molecule has 3 rings (SSSR count). The number of nitrogens with zero attached hydrogens (tertiary/aromatic N) is 2. The van der Waals surface area contributed by atoms with Gasteiger partial charge in [0.1, 0.15) is 0 Å². The molecule has 0 aromatic heterocycles. The number of likely N-dealkylation sites (tertiary alicyclic amines) is 2. The second-order valence-corrected chi connectivity index (χ2v) is 6.66. The van der Waals surface area contributed by atoms with Crippen LogP contribution in [0.15, 0.2) is 30.3 Å². The largest absolute Gasteiger partial charge is 0.335 e. The number of hydrogen-bond donors (Lipinski definition) is 0. The fraction of sp³-hybridized carbons (Fsp3) is 0.500. The predicted molar refractivity (Wildman–Crippen MR) is 90.9 cm³/mol. The van der Waals surface area contributed by atoms with E-state index in [9.17, 15) is 4.79 Å². The highest BCUT2D eigenvalue weighted by molar-refractivity contribution is 6.30. The van der Waals surface area contributed by atoms with Gasteiger partial charge in [0.2, 0.25) is 5.91 Å². The van der Waals surface area contributed by atoms with Crippen molar-refractivity contribution in [3.63, 3.8) is 0 Å². The third-order valence-electron chi connectivity index (χ3n) is 4.59. The van der Waals surface area contributed by atoms with E-state index in [0.29, 0.717) is 11.1 Å². The molecule has 22 heavy (non-hydrogen) atoms. The monoisotopic (exact) mass is 318 g/mol. The maximum atomic E-state index is 12.5. The highest BCUT2D eigenvalue weighted by Crippen LogP contribution is 2.21. The van der Waals surface area contributed by atoms with Gasteiger partial charge in [0, 0.05) is 30.2 Å². The molecule has 0 N–H and O–H groups in total. The molecule has 0 saturated carbocycles. The molecular formula is C18H23ClN2O. The Hall–Kier alpha value is -1.32. The average molecular weight is 319 g/mol. The minimum absolute atomic E-state index is 0.127. The zero-order valence-corrected chi connectivity index (χ0v) is 13.6. The van der Waals surface area contributed by atoms with Gasteiger partial charge in [0.15, 0.2) is 0 Å². The first kappa shape index (κ1) is 15.6. The second-order valence-electron chi connectivity index (χ2n) is 6.22. The summed E-state index contributed by atoms with van der Waals surface area (Å²) in [5, 5.41) is 0.697. The van der Waals surface area contributed by atoms with Crippen molar-refractivity contribution < 1.29 is 4.79 Å². The van der Waals surface area contributed by atoms with Gasteiger partial charge in [-0.1, -0.05) is 23.7 Å². The van der Waals surface area contributed by atoms with Gasteiger partial charge in [-0.3, -0.25) is 4.79 Å². The van der Waals surface area contributed by atoms with E-state index in [4.69, 9.17) is 11.6 Å². The van der Waals surface area contributed by atoms with Crippen LogP contribution in [0, 0.1) is 0 Å². The lowest BCUT2D eigenvalue weighted by Crippen LogP contribution is -2.41. The van der Waals surface area contributed by atoms with Gasteiger partial charge in [-0.15, -0.1) is 0 Å². The van der Waals surface area contributed by atoms with Crippen LogP contribution in [0.2, 0.25) is 5.02 Å². The number of carbonyl (C=O) groups excluding carboxylic acids is 1. The summed E-state index contributed by atoms with van der Waals surface area (Å²) in [6, 6.07) is 7.96. The van der Waals surface area contributed by atoms with Crippen LogP contribution in [0.4, 0.5) is 0 Å². The molecule has 2 aliphatic rings. The van der Waals surface area contributed by atoms with Gasteiger partial charge in [-0.2, -0.15) is 0 Å². The van der Waals surface area contributed by atoms with Crippen LogP contribution in [0.1, 0.15) is 31.2 Å². The minimum atomic E-state index is 0.127. The number of amides is 1. The lowest BCUT2D eigenvalue weighted by Gasteiger charge is -2.27. The first-order valence-corrected chi connectivity index (χ1v) is 8.57. The van der Waals surface area contributed by atoms with Crippen molar-refractivity contribution in [3.8, 4) is 0 Å². The smallest absolute Gasteiger partial charge is 0.246 e. The summed E-state index contributed by atoms with van der Waals surface area (Å²) in [6.45, 7) is 4.31. The summed E-state index contributed by atoms with van der Waals surface area (Å²) in [5.74, 6) is 0.127. The fourth-order valence-electron chi connectivity index (χ4n) is 3.45. The molecule has 3 nitrogen and oxygen atoms in total. The molecular weight excluding hydrogens is 296 g/mol. The molecule has 1 amide bonds. The Morgan fingerprint density at radius 3 is 2.82 bits per heavy atom. The van der Waals surface area contributed by atoms with Crippen molar-refractivity contribution in [2.24, 2.45) is 0 Å². The van der Waals surface area contributed by atoms with Crippen LogP contribution in [-0.2, 0) is 4.79 Å². The van der Waals surface area contributed by atoms with E-state index in [1.165, 1.54) is 25.9 Å². The van der Waals surface area contributed by atoms with E-state index < -0.39 is 0 Å². The molecule has 2 saturated heterocycles. The van der Waals surface area contributed by atoms with Gasteiger partial charge in [0.25, 0.3) is 0 Å². The molecule has 2 aliphatic heterocycles. The molecule has 1 aromatic rings. The van der Waals surface area contributed by atoms with Crippen molar-refractivity contribution in [1.82, 2.24) is 9.80 Å². The summed E-state index contributed by atoms with van der Waals surface area (Å²) in [6.07, 6.45) is 8.40. The summed E-state index contributed by atoms with van der Waals surface area (Å²) in [5.41, 5.74) is 0.969. The van der Waals surface area contributed by atoms with E-state index in [2.05, 4.69) is 4.90 Å². The Kier molecular flexibility index (Phi) is 5.16. The summed E-state index contributed by atoms with van der Waals surface area (Å²) in [4.78, 5) is 17.0. The zero-order valence-electron chi connectivity index (χ0n) is 12.9. The van der Waals surface area contributed by atoms with E-state index in [0.717, 1.165) is 31.5 Å². The number of benzene rings is 1. The SMILES string of the molecule is O=C(/C=C/c1cccc(Cl)c1)N1CCCC1CN1CCCC1. The van der Waals surface area contributed by atoms with Crippen LogP contribution in [0.5, 0.6) is 0 Å². The minimum Gasteiger partial charge on any atom is -0.335 e. The molecule has 4 heteroatoms. The number of carbonyl (C=O) groups is 1. The Balaban J connectivity index is 1.60. The maximum Gasteiger partial charge on any atom is 0.246 e. The Bertz CT molecular complexity index is 552.